The summed E-state index contributed by atoms with van der Waals surface area (Å²) in [7, 11) is -0.980. The Kier molecular flexibility index (Phi) is 2.04. The third kappa shape index (κ3) is 1.32. The molecule has 0 unspecified atom stereocenters. The molecule has 66 valence electrons. The molecule has 0 fully saturated rings. The standard InChI is InChI=1S/C8H7BO4/c10-5-12-7-3-1-2-6-4-13-9(11)8(6)7/h1-3,5,11H,4H2. The van der Waals surface area contributed by atoms with Crippen LogP contribution in [0.5, 0.6) is 5.75 Å². The molecule has 0 saturated carbocycles. The first-order valence-electron chi connectivity index (χ1n) is 3.84. The number of hydrogen-bond acceptors (Lipinski definition) is 4. The lowest BCUT2D eigenvalue weighted by atomic mass is 9.79. The van der Waals surface area contributed by atoms with Crippen LogP contribution in [0.4, 0.5) is 0 Å². The molecule has 0 bridgehead atoms. The Morgan fingerprint density at radius 1 is 1.62 bits per heavy atom. The van der Waals surface area contributed by atoms with Gasteiger partial charge in [0.05, 0.1) is 6.61 Å². The van der Waals surface area contributed by atoms with Crippen LogP contribution in [0.25, 0.3) is 0 Å². The molecule has 1 aromatic carbocycles. The minimum Gasteiger partial charge on any atom is -0.429 e. The SMILES string of the molecule is O=COc1cccc2c1B(O)OC2. The van der Waals surface area contributed by atoms with Crippen LogP contribution < -0.4 is 10.2 Å². The number of fused-ring (bicyclic) bond motifs is 1. The highest BCUT2D eigenvalue weighted by Gasteiger charge is 2.30. The minimum absolute atomic E-state index is 0.334. The third-order valence-corrected chi connectivity index (χ3v) is 1.98. The zero-order valence-electron chi connectivity index (χ0n) is 6.77. The zero-order valence-corrected chi connectivity index (χ0v) is 6.77. The van der Waals surface area contributed by atoms with E-state index in [0.717, 1.165) is 5.56 Å². The number of carbonyl (C=O) groups is 1. The molecule has 0 spiro atoms. The normalized spacial score (nSPS) is 14.1. The van der Waals surface area contributed by atoms with E-state index < -0.39 is 7.12 Å². The van der Waals surface area contributed by atoms with E-state index in [9.17, 15) is 9.82 Å². The van der Waals surface area contributed by atoms with Gasteiger partial charge in [-0.2, -0.15) is 0 Å². The van der Waals surface area contributed by atoms with Gasteiger partial charge in [0, 0.05) is 5.46 Å². The summed E-state index contributed by atoms with van der Waals surface area (Å²) in [5.41, 5.74) is 1.40. The van der Waals surface area contributed by atoms with Gasteiger partial charge in [-0.05, 0) is 11.6 Å². The predicted octanol–water partition coefficient (Wildman–Crippen LogP) is -0.561. The van der Waals surface area contributed by atoms with Gasteiger partial charge in [-0.25, -0.2) is 0 Å². The summed E-state index contributed by atoms with van der Waals surface area (Å²) in [6, 6.07) is 5.19. The molecular weight excluding hydrogens is 171 g/mol. The fourth-order valence-corrected chi connectivity index (χ4v) is 1.40. The van der Waals surface area contributed by atoms with Crippen molar-refractivity contribution in [1.29, 1.82) is 0 Å². The van der Waals surface area contributed by atoms with Crippen molar-refractivity contribution in [3.05, 3.63) is 23.8 Å². The van der Waals surface area contributed by atoms with Crippen LogP contribution in [0.2, 0.25) is 0 Å². The summed E-state index contributed by atoms with van der Waals surface area (Å²) in [6.45, 7) is 0.688. The van der Waals surface area contributed by atoms with Crippen LogP contribution in [0.3, 0.4) is 0 Å². The maximum atomic E-state index is 10.1. The summed E-state index contributed by atoms with van der Waals surface area (Å²) in [5, 5.41) is 9.37. The van der Waals surface area contributed by atoms with Gasteiger partial charge in [0.25, 0.3) is 6.47 Å². The van der Waals surface area contributed by atoms with Gasteiger partial charge < -0.3 is 14.4 Å². The van der Waals surface area contributed by atoms with Crippen molar-refractivity contribution in [1.82, 2.24) is 0 Å². The Morgan fingerprint density at radius 3 is 3.23 bits per heavy atom. The van der Waals surface area contributed by atoms with Crippen molar-refractivity contribution in [3.63, 3.8) is 0 Å². The highest BCUT2D eigenvalue weighted by Crippen LogP contribution is 2.17. The average molecular weight is 178 g/mol. The summed E-state index contributed by atoms with van der Waals surface area (Å²) in [4.78, 5) is 10.1. The minimum atomic E-state index is -0.980. The van der Waals surface area contributed by atoms with Crippen molar-refractivity contribution in [2.75, 3.05) is 0 Å². The fraction of sp³-hybridized carbons (Fsp3) is 0.125. The number of benzene rings is 1. The lowest BCUT2D eigenvalue weighted by molar-refractivity contribution is -0.120. The molecule has 0 saturated heterocycles. The maximum Gasteiger partial charge on any atom is 0.495 e. The zero-order chi connectivity index (χ0) is 9.26. The van der Waals surface area contributed by atoms with E-state index in [1.165, 1.54) is 0 Å². The van der Waals surface area contributed by atoms with Crippen LogP contribution in [-0.2, 0) is 16.1 Å². The lowest BCUT2D eigenvalue weighted by Crippen LogP contribution is -2.29. The van der Waals surface area contributed by atoms with E-state index >= 15 is 0 Å². The van der Waals surface area contributed by atoms with Gasteiger partial charge in [0.1, 0.15) is 5.75 Å². The van der Waals surface area contributed by atoms with E-state index in [1.807, 2.05) is 6.07 Å². The monoisotopic (exact) mass is 178 g/mol. The van der Waals surface area contributed by atoms with E-state index in [4.69, 9.17) is 9.39 Å². The second-order valence-electron chi connectivity index (χ2n) is 2.71. The Bertz CT molecular complexity index is 339. The maximum absolute atomic E-state index is 10.1. The van der Waals surface area contributed by atoms with Gasteiger partial charge in [0.2, 0.25) is 0 Å². The van der Waals surface area contributed by atoms with Gasteiger partial charge in [0.15, 0.2) is 0 Å². The molecule has 1 aliphatic heterocycles. The molecule has 2 rings (SSSR count). The van der Waals surface area contributed by atoms with Crippen LogP contribution in [0.1, 0.15) is 5.56 Å². The molecule has 4 nitrogen and oxygen atoms in total. The Morgan fingerprint density at radius 2 is 2.46 bits per heavy atom. The van der Waals surface area contributed by atoms with Gasteiger partial charge in [-0.3, -0.25) is 4.79 Å². The van der Waals surface area contributed by atoms with E-state index in [2.05, 4.69) is 0 Å². The molecule has 0 atom stereocenters. The van der Waals surface area contributed by atoms with Crippen molar-refractivity contribution in [2.45, 2.75) is 6.61 Å². The second kappa shape index (κ2) is 3.20. The summed E-state index contributed by atoms with van der Waals surface area (Å²) in [5.74, 6) is 0.359. The van der Waals surface area contributed by atoms with E-state index in [-0.39, 0.29) is 0 Å². The molecule has 0 amide bonds. The second-order valence-corrected chi connectivity index (χ2v) is 2.71. The predicted molar refractivity (Wildman–Crippen MR) is 45.5 cm³/mol. The van der Waals surface area contributed by atoms with E-state index in [1.54, 1.807) is 12.1 Å². The number of carbonyl (C=O) groups excluding carboxylic acids is 1. The first-order chi connectivity index (χ1) is 6.33. The summed E-state index contributed by atoms with van der Waals surface area (Å²) >= 11 is 0. The smallest absolute Gasteiger partial charge is 0.429 e. The molecule has 13 heavy (non-hydrogen) atoms. The van der Waals surface area contributed by atoms with Gasteiger partial charge in [-0.15, -0.1) is 0 Å². The molecule has 1 heterocycles. The summed E-state index contributed by atoms with van der Waals surface area (Å²) < 4.78 is 9.67. The molecule has 0 aliphatic carbocycles. The number of hydrogen-bond donors (Lipinski definition) is 1. The van der Waals surface area contributed by atoms with E-state index in [0.29, 0.717) is 24.3 Å². The molecule has 0 radical (unpaired) electrons. The van der Waals surface area contributed by atoms with Crippen LogP contribution in [0.15, 0.2) is 18.2 Å². The lowest BCUT2D eigenvalue weighted by Gasteiger charge is -2.04. The molecule has 0 aromatic heterocycles. The highest BCUT2D eigenvalue weighted by atomic mass is 16.5. The molecule has 1 aromatic rings. The topological polar surface area (TPSA) is 55.8 Å². The first kappa shape index (κ1) is 8.28. The van der Waals surface area contributed by atoms with Crippen molar-refractivity contribution < 1.29 is 19.2 Å². The fourth-order valence-electron chi connectivity index (χ4n) is 1.40. The number of rotatable bonds is 2. The first-order valence-corrected chi connectivity index (χ1v) is 3.84. The van der Waals surface area contributed by atoms with Crippen molar-refractivity contribution in [3.8, 4) is 5.75 Å². The highest BCUT2D eigenvalue weighted by molar-refractivity contribution is 6.62. The van der Waals surface area contributed by atoms with Crippen molar-refractivity contribution >= 4 is 19.1 Å². The van der Waals surface area contributed by atoms with Crippen LogP contribution >= 0.6 is 0 Å². The summed E-state index contributed by atoms with van der Waals surface area (Å²) in [6.07, 6.45) is 0. The van der Waals surface area contributed by atoms with Crippen LogP contribution in [0, 0.1) is 0 Å². The largest absolute Gasteiger partial charge is 0.495 e. The third-order valence-electron chi connectivity index (χ3n) is 1.98. The molecule has 5 heteroatoms. The molecular formula is C8H7BO4. The van der Waals surface area contributed by atoms with Crippen molar-refractivity contribution in [2.24, 2.45) is 0 Å². The Balaban J connectivity index is 2.46. The van der Waals surface area contributed by atoms with Gasteiger partial charge in [-0.1, -0.05) is 12.1 Å². The molecule has 1 aliphatic rings. The van der Waals surface area contributed by atoms with Crippen LogP contribution in [-0.4, -0.2) is 18.6 Å². The quantitative estimate of drug-likeness (QED) is 0.487. The Labute approximate surface area is 75.2 Å². The Hall–Kier alpha value is -1.33. The molecule has 1 N–H and O–H groups in total. The van der Waals surface area contributed by atoms with Gasteiger partial charge >= 0.3 is 7.12 Å². The number of ether oxygens (including phenoxy) is 1. The average Bonchev–Trinajstić information content (AvgIpc) is 2.50.